The minimum absolute atomic E-state index is 0.111. The second-order valence-corrected chi connectivity index (χ2v) is 6.41. The minimum atomic E-state index is -0.484. The van der Waals surface area contributed by atoms with Crippen LogP contribution in [0.1, 0.15) is 24.7 Å². The Hall–Kier alpha value is -2.80. The average molecular weight is 371 g/mol. The van der Waals surface area contributed by atoms with Gasteiger partial charge < -0.3 is 19.8 Å². The van der Waals surface area contributed by atoms with Crippen LogP contribution in [0.25, 0.3) is 0 Å². The molecule has 1 aromatic carbocycles. The van der Waals surface area contributed by atoms with Crippen LogP contribution >= 0.6 is 0 Å². The van der Waals surface area contributed by atoms with Crippen molar-refractivity contribution in [3.63, 3.8) is 0 Å². The largest absolute Gasteiger partial charge is 0.494 e. The molecule has 3 rings (SSSR count). The first kappa shape index (κ1) is 19.0. The Balaban J connectivity index is 1.58. The van der Waals surface area contributed by atoms with Gasteiger partial charge in [0.05, 0.1) is 31.9 Å². The normalized spacial score (nSPS) is 17.4. The summed E-state index contributed by atoms with van der Waals surface area (Å²) in [5, 5.41) is 5.65. The number of benzene rings is 1. The summed E-state index contributed by atoms with van der Waals surface area (Å²) in [7, 11) is 0. The standard InChI is InChI=1S/C20H25N3O4/c1-2-26-16-7-5-15(6-8-16)14-23-10-9-21-20(25)18(23)12-19(24)22-13-17-4-3-11-27-17/h3-8,11,18H,2,9-10,12-14H2,1H3,(H,21,25)(H,22,24)/t18-/m0/s1. The van der Waals surface area contributed by atoms with E-state index in [-0.39, 0.29) is 18.2 Å². The fourth-order valence-electron chi connectivity index (χ4n) is 3.11. The molecule has 2 amide bonds. The number of hydrogen-bond acceptors (Lipinski definition) is 5. The quantitative estimate of drug-likeness (QED) is 0.738. The third-order valence-electron chi connectivity index (χ3n) is 4.48. The van der Waals surface area contributed by atoms with E-state index in [9.17, 15) is 9.59 Å². The SMILES string of the molecule is CCOc1ccc(CN2CCNC(=O)[C@@H]2CC(=O)NCc2ccco2)cc1. The summed E-state index contributed by atoms with van der Waals surface area (Å²) in [6, 6.07) is 10.9. The first-order valence-corrected chi connectivity index (χ1v) is 9.18. The second kappa shape index (κ2) is 9.23. The molecule has 7 heteroatoms. The second-order valence-electron chi connectivity index (χ2n) is 6.41. The monoisotopic (exact) mass is 371 g/mol. The lowest BCUT2D eigenvalue weighted by atomic mass is 10.1. The fourth-order valence-corrected chi connectivity index (χ4v) is 3.11. The minimum Gasteiger partial charge on any atom is -0.494 e. The van der Waals surface area contributed by atoms with E-state index in [0.717, 1.165) is 11.3 Å². The number of nitrogens with one attached hydrogen (secondary N) is 2. The molecule has 2 aromatic rings. The van der Waals surface area contributed by atoms with Gasteiger partial charge in [-0.3, -0.25) is 14.5 Å². The van der Waals surface area contributed by atoms with E-state index < -0.39 is 6.04 Å². The lowest BCUT2D eigenvalue weighted by Crippen LogP contribution is -2.56. The number of carbonyl (C=O) groups excluding carboxylic acids is 2. The molecule has 0 spiro atoms. The van der Waals surface area contributed by atoms with Crippen LogP contribution in [-0.2, 0) is 22.7 Å². The van der Waals surface area contributed by atoms with Crippen molar-refractivity contribution in [1.29, 1.82) is 0 Å². The molecule has 7 nitrogen and oxygen atoms in total. The highest BCUT2D eigenvalue weighted by Gasteiger charge is 2.31. The van der Waals surface area contributed by atoms with Crippen molar-refractivity contribution in [3.05, 3.63) is 54.0 Å². The van der Waals surface area contributed by atoms with Crippen molar-refractivity contribution in [1.82, 2.24) is 15.5 Å². The molecule has 27 heavy (non-hydrogen) atoms. The fraction of sp³-hybridized carbons (Fsp3) is 0.400. The Morgan fingerprint density at radius 1 is 1.33 bits per heavy atom. The van der Waals surface area contributed by atoms with Crippen LogP contribution in [0.5, 0.6) is 5.75 Å². The molecule has 2 N–H and O–H groups in total. The summed E-state index contributed by atoms with van der Waals surface area (Å²) >= 11 is 0. The van der Waals surface area contributed by atoms with Crippen LogP contribution in [0, 0.1) is 0 Å². The Morgan fingerprint density at radius 2 is 2.15 bits per heavy atom. The third kappa shape index (κ3) is 5.34. The predicted octanol–water partition coefficient (Wildman–Crippen LogP) is 1.69. The van der Waals surface area contributed by atoms with Crippen LogP contribution in [0.15, 0.2) is 47.1 Å². The van der Waals surface area contributed by atoms with Gasteiger partial charge >= 0.3 is 0 Å². The highest BCUT2D eigenvalue weighted by atomic mass is 16.5. The molecule has 0 aliphatic carbocycles. The van der Waals surface area contributed by atoms with Crippen LogP contribution in [0.3, 0.4) is 0 Å². The van der Waals surface area contributed by atoms with E-state index in [1.54, 1.807) is 18.4 Å². The molecule has 1 aliphatic rings. The maximum atomic E-state index is 12.3. The molecule has 0 unspecified atom stereocenters. The van der Waals surface area contributed by atoms with Crippen molar-refractivity contribution in [2.45, 2.75) is 32.5 Å². The smallest absolute Gasteiger partial charge is 0.237 e. The van der Waals surface area contributed by atoms with Gasteiger partial charge in [0.15, 0.2) is 0 Å². The Kier molecular flexibility index (Phi) is 6.49. The van der Waals surface area contributed by atoms with Crippen LogP contribution in [-0.4, -0.2) is 42.5 Å². The molecule has 0 bridgehead atoms. The molecule has 0 saturated carbocycles. The van der Waals surface area contributed by atoms with Gasteiger partial charge in [0.25, 0.3) is 0 Å². The molecular formula is C20H25N3O4. The highest BCUT2D eigenvalue weighted by Crippen LogP contribution is 2.17. The van der Waals surface area contributed by atoms with Gasteiger partial charge in [-0.2, -0.15) is 0 Å². The molecular weight excluding hydrogens is 346 g/mol. The first-order valence-electron chi connectivity index (χ1n) is 9.18. The number of hydrogen-bond donors (Lipinski definition) is 2. The van der Waals surface area contributed by atoms with Gasteiger partial charge in [-0.1, -0.05) is 12.1 Å². The lowest BCUT2D eigenvalue weighted by molar-refractivity contribution is -0.134. The number of nitrogens with zero attached hydrogens (tertiary/aromatic N) is 1. The maximum absolute atomic E-state index is 12.3. The molecule has 144 valence electrons. The van der Waals surface area contributed by atoms with Crippen molar-refractivity contribution in [2.75, 3.05) is 19.7 Å². The predicted molar refractivity (Wildman–Crippen MR) is 100.0 cm³/mol. The molecule has 2 heterocycles. The molecule has 1 fully saturated rings. The van der Waals surface area contributed by atoms with Crippen molar-refractivity contribution in [3.8, 4) is 5.75 Å². The van der Waals surface area contributed by atoms with Crippen LogP contribution in [0.4, 0.5) is 0 Å². The summed E-state index contributed by atoms with van der Waals surface area (Å²) in [6.07, 6.45) is 1.68. The molecule has 1 aliphatic heterocycles. The first-order chi connectivity index (χ1) is 13.2. The number of carbonyl (C=O) groups is 2. The van der Waals surface area contributed by atoms with Gasteiger partial charge in [-0.25, -0.2) is 0 Å². The topological polar surface area (TPSA) is 83.8 Å². The Labute approximate surface area is 158 Å². The van der Waals surface area contributed by atoms with Gasteiger partial charge in [-0.05, 0) is 36.8 Å². The van der Waals surface area contributed by atoms with Crippen molar-refractivity contribution in [2.24, 2.45) is 0 Å². The molecule has 1 atom stereocenters. The van der Waals surface area contributed by atoms with Gasteiger partial charge in [0, 0.05) is 19.6 Å². The number of piperazine rings is 1. The zero-order chi connectivity index (χ0) is 19.1. The highest BCUT2D eigenvalue weighted by molar-refractivity contribution is 5.88. The summed E-state index contributed by atoms with van der Waals surface area (Å²) in [5.41, 5.74) is 1.08. The number of furan rings is 1. The summed E-state index contributed by atoms with van der Waals surface area (Å²) in [4.78, 5) is 26.7. The van der Waals surface area contributed by atoms with E-state index >= 15 is 0 Å². The zero-order valence-corrected chi connectivity index (χ0v) is 15.4. The number of rotatable bonds is 8. The number of amides is 2. The van der Waals surface area contributed by atoms with E-state index in [1.807, 2.05) is 36.1 Å². The molecule has 0 radical (unpaired) electrons. The van der Waals surface area contributed by atoms with Crippen LogP contribution < -0.4 is 15.4 Å². The van der Waals surface area contributed by atoms with Crippen LogP contribution in [0.2, 0.25) is 0 Å². The number of ether oxygens (including phenoxy) is 1. The average Bonchev–Trinajstić information content (AvgIpc) is 3.18. The van der Waals surface area contributed by atoms with Gasteiger partial charge in [0.1, 0.15) is 11.5 Å². The van der Waals surface area contributed by atoms with Crippen molar-refractivity contribution < 1.29 is 18.7 Å². The maximum Gasteiger partial charge on any atom is 0.237 e. The molecule has 1 saturated heterocycles. The van der Waals surface area contributed by atoms with E-state index in [1.165, 1.54) is 0 Å². The van der Waals surface area contributed by atoms with E-state index in [0.29, 0.717) is 38.5 Å². The zero-order valence-electron chi connectivity index (χ0n) is 15.4. The van der Waals surface area contributed by atoms with Gasteiger partial charge in [0.2, 0.25) is 11.8 Å². The summed E-state index contributed by atoms with van der Waals surface area (Å²) in [6.45, 7) is 4.78. The van der Waals surface area contributed by atoms with E-state index in [2.05, 4.69) is 10.6 Å². The summed E-state index contributed by atoms with van der Waals surface area (Å²) < 4.78 is 10.7. The summed E-state index contributed by atoms with van der Waals surface area (Å²) in [5.74, 6) is 1.22. The van der Waals surface area contributed by atoms with E-state index in [4.69, 9.17) is 9.15 Å². The Bertz CT molecular complexity index is 743. The van der Waals surface area contributed by atoms with Crippen molar-refractivity contribution >= 4 is 11.8 Å². The third-order valence-corrected chi connectivity index (χ3v) is 4.48. The van der Waals surface area contributed by atoms with Gasteiger partial charge in [-0.15, -0.1) is 0 Å². The Morgan fingerprint density at radius 3 is 2.85 bits per heavy atom. The lowest BCUT2D eigenvalue weighted by Gasteiger charge is -2.34. The molecule has 1 aromatic heterocycles.